The number of carbonyl (C=O) groups is 1. The Morgan fingerprint density at radius 2 is 2.18 bits per heavy atom. The Kier molecular flexibility index (Phi) is 5.18. The topological polar surface area (TPSA) is 120 Å². The lowest BCUT2D eigenvalue weighted by atomic mass is 9.92. The summed E-state index contributed by atoms with van der Waals surface area (Å²) in [6.45, 7) is 5.35. The smallest absolute Gasteiger partial charge is 0.262 e. The van der Waals surface area contributed by atoms with E-state index in [0.29, 0.717) is 30.4 Å². The number of nitrogens with zero attached hydrogens (tertiary/aromatic N) is 3. The van der Waals surface area contributed by atoms with Gasteiger partial charge in [0.1, 0.15) is 11.5 Å². The molecule has 0 fully saturated rings. The van der Waals surface area contributed by atoms with Crippen molar-refractivity contribution in [2.75, 3.05) is 20.2 Å². The van der Waals surface area contributed by atoms with Gasteiger partial charge in [0.15, 0.2) is 5.96 Å². The van der Waals surface area contributed by atoms with Gasteiger partial charge in [-0.2, -0.15) is 5.26 Å². The van der Waals surface area contributed by atoms with Crippen LogP contribution in [-0.4, -0.2) is 42.2 Å². The SMILES string of the molecule is COc1cnccc1-c1c(C#N)ccc(O)c1C(=O)NC1=NCC(C)(C)CN1. The van der Waals surface area contributed by atoms with Crippen molar-refractivity contribution in [2.45, 2.75) is 13.8 Å². The van der Waals surface area contributed by atoms with Gasteiger partial charge >= 0.3 is 0 Å². The number of amides is 1. The van der Waals surface area contributed by atoms with Crippen LogP contribution in [0.4, 0.5) is 0 Å². The third-order valence-electron chi connectivity index (χ3n) is 4.44. The number of benzene rings is 1. The van der Waals surface area contributed by atoms with Crippen molar-refractivity contribution in [1.82, 2.24) is 15.6 Å². The maximum absolute atomic E-state index is 13.0. The molecular weight excluding hydrogens is 358 g/mol. The molecule has 3 rings (SSSR count). The van der Waals surface area contributed by atoms with Crippen LogP contribution in [0.2, 0.25) is 0 Å². The second kappa shape index (κ2) is 7.56. The van der Waals surface area contributed by atoms with Gasteiger partial charge in [0.25, 0.3) is 5.91 Å². The monoisotopic (exact) mass is 379 g/mol. The number of aliphatic imine (C=N–C) groups is 1. The molecule has 0 spiro atoms. The first-order valence-electron chi connectivity index (χ1n) is 8.70. The molecule has 0 radical (unpaired) electrons. The number of aromatic hydroxyl groups is 1. The number of aromatic nitrogens is 1. The number of hydrogen-bond acceptors (Lipinski definition) is 7. The number of phenolic OH excluding ortho intramolecular Hbond substituents is 1. The van der Waals surface area contributed by atoms with Crippen molar-refractivity contribution in [1.29, 1.82) is 5.26 Å². The van der Waals surface area contributed by atoms with Crippen LogP contribution < -0.4 is 15.4 Å². The van der Waals surface area contributed by atoms with Gasteiger partial charge in [-0.3, -0.25) is 20.1 Å². The third kappa shape index (κ3) is 3.74. The van der Waals surface area contributed by atoms with Gasteiger partial charge in [-0.05, 0) is 18.2 Å². The van der Waals surface area contributed by atoms with E-state index < -0.39 is 5.91 Å². The molecule has 0 bridgehead atoms. The minimum atomic E-state index is -0.575. The Hall–Kier alpha value is -3.60. The molecular formula is C20H21N5O3. The lowest BCUT2D eigenvalue weighted by Crippen LogP contribution is -2.49. The van der Waals surface area contributed by atoms with E-state index in [-0.39, 0.29) is 27.9 Å². The van der Waals surface area contributed by atoms with Gasteiger partial charge in [-0.15, -0.1) is 0 Å². The number of methoxy groups -OCH3 is 1. The first-order chi connectivity index (χ1) is 13.4. The molecule has 28 heavy (non-hydrogen) atoms. The summed E-state index contributed by atoms with van der Waals surface area (Å²) in [6, 6.07) is 6.48. The molecule has 0 unspecified atom stereocenters. The zero-order valence-electron chi connectivity index (χ0n) is 15.9. The summed E-state index contributed by atoms with van der Waals surface area (Å²) < 4.78 is 5.33. The fourth-order valence-corrected chi connectivity index (χ4v) is 2.93. The van der Waals surface area contributed by atoms with Crippen LogP contribution in [0.25, 0.3) is 11.1 Å². The van der Waals surface area contributed by atoms with Gasteiger partial charge in [0.05, 0.1) is 30.5 Å². The zero-order chi connectivity index (χ0) is 20.3. The quantitative estimate of drug-likeness (QED) is 0.751. The van der Waals surface area contributed by atoms with Crippen molar-refractivity contribution in [3.05, 3.63) is 41.7 Å². The summed E-state index contributed by atoms with van der Waals surface area (Å²) in [4.78, 5) is 21.3. The maximum atomic E-state index is 13.0. The van der Waals surface area contributed by atoms with E-state index in [1.807, 2.05) is 0 Å². The van der Waals surface area contributed by atoms with E-state index in [1.165, 1.54) is 31.6 Å². The molecule has 2 aromatic rings. The van der Waals surface area contributed by atoms with E-state index in [2.05, 4.69) is 40.5 Å². The average molecular weight is 379 g/mol. The van der Waals surface area contributed by atoms with Crippen molar-refractivity contribution in [3.63, 3.8) is 0 Å². The highest BCUT2D eigenvalue weighted by atomic mass is 16.5. The Bertz CT molecular complexity index is 992. The number of guanidine groups is 1. The molecule has 1 aliphatic heterocycles. The van der Waals surface area contributed by atoms with E-state index in [9.17, 15) is 15.2 Å². The van der Waals surface area contributed by atoms with Gasteiger partial charge in [0.2, 0.25) is 0 Å². The molecule has 1 aromatic carbocycles. The molecule has 0 saturated carbocycles. The molecule has 0 saturated heterocycles. The first kappa shape index (κ1) is 19.2. The number of nitriles is 1. The van der Waals surface area contributed by atoms with Crippen molar-refractivity contribution in [3.8, 4) is 28.7 Å². The zero-order valence-corrected chi connectivity index (χ0v) is 15.9. The Labute approximate surface area is 162 Å². The van der Waals surface area contributed by atoms with Crippen LogP contribution in [0.15, 0.2) is 35.6 Å². The highest BCUT2D eigenvalue weighted by Crippen LogP contribution is 2.37. The largest absolute Gasteiger partial charge is 0.507 e. The van der Waals surface area contributed by atoms with Crippen LogP contribution in [0.3, 0.4) is 0 Å². The minimum absolute atomic E-state index is 0.00729. The predicted octanol–water partition coefficient (Wildman–Crippen LogP) is 2.05. The first-order valence-corrected chi connectivity index (χ1v) is 8.70. The standard InChI is InChI=1S/C20H21N5O3/c1-20(2)10-23-19(24-11-20)25-18(27)17-14(26)5-4-12(8-21)16(17)13-6-7-22-9-15(13)28-3/h4-7,9,26H,10-11H2,1-3H3,(H2,23,24,25,27). The molecule has 0 aliphatic carbocycles. The lowest BCUT2D eigenvalue weighted by Gasteiger charge is -2.29. The van der Waals surface area contributed by atoms with Crippen LogP contribution >= 0.6 is 0 Å². The predicted molar refractivity (Wildman–Crippen MR) is 104 cm³/mol. The summed E-state index contributed by atoms with van der Waals surface area (Å²) in [5, 5.41) is 25.8. The van der Waals surface area contributed by atoms with Crippen LogP contribution in [0.1, 0.15) is 29.8 Å². The van der Waals surface area contributed by atoms with E-state index >= 15 is 0 Å². The Morgan fingerprint density at radius 3 is 2.82 bits per heavy atom. The molecule has 0 atom stereocenters. The molecule has 8 nitrogen and oxygen atoms in total. The number of pyridine rings is 1. The molecule has 2 heterocycles. The molecule has 144 valence electrons. The fourth-order valence-electron chi connectivity index (χ4n) is 2.93. The number of rotatable bonds is 3. The van der Waals surface area contributed by atoms with E-state index in [1.54, 1.807) is 6.07 Å². The van der Waals surface area contributed by atoms with Gasteiger partial charge in [-0.25, -0.2) is 0 Å². The molecule has 3 N–H and O–H groups in total. The van der Waals surface area contributed by atoms with Crippen molar-refractivity contribution >= 4 is 11.9 Å². The molecule has 1 aromatic heterocycles. The van der Waals surface area contributed by atoms with Gasteiger partial charge < -0.3 is 15.2 Å². The number of ether oxygens (including phenoxy) is 1. The Morgan fingerprint density at radius 1 is 1.39 bits per heavy atom. The third-order valence-corrected chi connectivity index (χ3v) is 4.44. The maximum Gasteiger partial charge on any atom is 0.262 e. The van der Waals surface area contributed by atoms with Gasteiger partial charge in [-0.1, -0.05) is 13.8 Å². The molecule has 1 amide bonds. The Balaban J connectivity index is 2.07. The average Bonchev–Trinajstić information content (AvgIpc) is 2.69. The lowest BCUT2D eigenvalue weighted by molar-refractivity contribution is 0.0972. The van der Waals surface area contributed by atoms with Crippen molar-refractivity contribution < 1.29 is 14.6 Å². The van der Waals surface area contributed by atoms with E-state index in [4.69, 9.17) is 4.74 Å². The molecule has 8 heteroatoms. The molecule has 1 aliphatic rings. The summed E-state index contributed by atoms with van der Waals surface area (Å²) in [5.74, 6) is -0.108. The summed E-state index contributed by atoms with van der Waals surface area (Å²) in [7, 11) is 1.47. The number of hydrogen-bond donors (Lipinski definition) is 3. The highest BCUT2D eigenvalue weighted by molar-refractivity contribution is 6.12. The number of carbonyl (C=O) groups excluding carboxylic acids is 1. The minimum Gasteiger partial charge on any atom is -0.507 e. The highest BCUT2D eigenvalue weighted by Gasteiger charge is 2.27. The van der Waals surface area contributed by atoms with Gasteiger partial charge in [0, 0.05) is 35.8 Å². The van der Waals surface area contributed by atoms with Crippen LogP contribution in [-0.2, 0) is 0 Å². The van der Waals surface area contributed by atoms with Crippen LogP contribution in [0, 0.1) is 16.7 Å². The second-order valence-corrected chi connectivity index (χ2v) is 7.21. The van der Waals surface area contributed by atoms with Crippen molar-refractivity contribution in [2.24, 2.45) is 10.4 Å². The normalized spacial score (nSPS) is 15.0. The van der Waals surface area contributed by atoms with E-state index in [0.717, 1.165) is 0 Å². The summed E-state index contributed by atoms with van der Waals surface area (Å²) in [6.07, 6.45) is 3.01. The fraction of sp³-hybridized carbons (Fsp3) is 0.300. The summed E-state index contributed by atoms with van der Waals surface area (Å²) >= 11 is 0. The number of phenols is 1. The number of nitrogens with one attached hydrogen (secondary N) is 2. The summed E-state index contributed by atoms with van der Waals surface area (Å²) in [5.41, 5.74) is 0.947. The van der Waals surface area contributed by atoms with Crippen LogP contribution in [0.5, 0.6) is 11.5 Å². The second-order valence-electron chi connectivity index (χ2n) is 7.21.